The van der Waals surface area contributed by atoms with Crippen LogP contribution < -0.4 is 4.90 Å². The number of hydrogen-bond acceptors (Lipinski definition) is 4. The lowest BCUT2D eigenvalue weighted by Crippen LogP contribution is -2.37. The predicted octanol–water partition coefficient (Wildman–Crippen LogP) is 2.91. The molecule has 21 heavy (non-hydrogen) atoms. The zero-order valence-electron chi connectivity index (χ0n) is 11.9. The van der Waals surface area contributed by atoms with Crippen molar-refractivity contribution in [3.05, 3.63) is 30.1 Å². The second kappa shape index (κ2) is 5.89. The summed E-state index contributed by atoms with van der Waals surface area (Å²) in [7, 11) is 0. The highest BCUT2D eigenvalue weighted by atomic mass is 19.2. The molecule has 112 valence electrons. The SMILES string of the molecule is CCOC1CCN(c2ncnc3cc(F)c(F)cc23)CC1. The summed E-state index contributed by atoms with van der Waals surface area (Å²) in [5.41, 5.74) is 0.422. The molecule has 0 aliphatic carbocycles. The van der Waals surface area contributed by atoms with Crippen LogP contribution in [0.25, 0.3) is 10.9 Å². The van der Waals surface area contributed by atoms with Gasteiger partial charge in [-0.3, -0.25) is 0 Å². The quantitative estimate of drug-likeness (QED) is 0.872. The molecule has 2 heterocycles. The number of piperidine rings is 1. The van der Waals surface area contributed by atoms with E-state index < -0.39 is 11.6 Å². The topological polar surface area (TPSA) is 38.2 Å². The lowest BCUT2D eigenvalue weighted by atomic mass is 10.1. The van der Waals surface area contributed by atoms with E-state index in [-0.39, 0.29) is 6.10 Å². The lowest BCUT2D eigenvalue weighted by molar-refractivity contribution is 0.0459. The molecule has 3 rings (SSSR count). The fourth-order valence-corrected chi connectivity index (χ4v) is 2.76. The van der Waals surface area contributed by atoms with Crippen molar-refractivity contribution in [1.82, 2.24) is 9.97 Å². The molecule has 1 saturated heterocycles. The molecule has 1 aliphatic heterocycles. The summed E-state index contributed by atoms with van der Waals surface area (Å²) in [6.07, 6.45) is 3.48. The third kappa shape index (κ3) is 2.81. The van der Waals surface area contributed by atoms with E-state index in [4.69, 9.17) is 4.74 Å². The van der Waals surface area contributed by atoms with Gasteiger partial charge in [-0.15, -0.1) is 0 Å². The molecular formula is C15H17F2N3O. The number of fused-ring (bicyclic) bond motifs is 1. The monoisotopic (exact) mass is 293 g/mol. The zero-order chi connectivity index (χ0) is 14.8. The van der Waals surface area contributed by atoms with Gasteiger partial charge in [0.25, 0.3) is 0 Å². The number of nitrogens with zero attached hydrogens (tertiary/aromatic N) is 3. The van der Waals surface area contributed by atoms with Crippen LogP contribution in [0.5, 0.6) is 0 Å². The summed E-state index contributed by atoms with van der Waals surface area (Å²) in [6.45, 7) is 4.28. The Bertz CT molecular complexity index is 642. The van der Waals surface area contributed by atoms with Crippen molar-refractivity contribution in [2.75, 3.05) is 24.6 Å². The Morgan fingerprint density at radius 2 is 1.90 bits per heavy atom. The molecule has 6 heteroatoms. The molecule has 0 saturated carbocycles. The predicted molar refractivity (Wildman–Crippen MR) is 76.3 cm³/mol. The highest BCUT2D eigenvalue weighted by molar-refractivity contribution is 5.89. The van der Waals surface area contributed by atoms with E-state index >= 15 is 0 Å². The molecular weight excluding hydrogens is 276 g/mol. The molecule has 1 aliphatic rings. The number of halogens is 2. The van der Waals surface area contributed by atoms with Crippen LogP contribution in [0.15, 0.2) is 18.5 Å². The molecule has 1 aromatic carbocycles. The normalized spacial score (nSPS) is 16.6. The van der Waals surface area contributed by atoms with Gasteiger partial charge in [0.2, 0.25) is 0 Å². The Morgan fingerprint density at radius 3 is 2.62 bits per heavy atom. The summed E-state index contributed by atoms with van der Waals surface area (Å²) < 4.78 is 32.4. The van der Waals surface area contributed by atoms with Crippen LogP contribution in [0.1, 0.15) is 19.8 Å². The summed E-state index contributed by atoms with van der Waals surface area (Å²) in [6, 6.07) is 2.29. The maximum absolute atomic E-state index is 13.5. The summed E-state index contributed by atoms with van der Waals surface area (Å²) >= 11 is 0. The minimum Gasteiger partial charge on any atom is -0.378 e. The van der Waals surface area contributed by atoms with Gasteiger partial charge in [-0.2, -0.15) is 0 Å². The van der Waals surface area contributed by atoms with Crippen LogP contribution >= 0.6 is 0 Å². The maximum atomic E-state index is 13.5. The zero-order valence-corrected chi connectivity index (χ0v) is 11.9. The first-order chi connectivity index (χ1) is 10.2. The number of benzene rings is 1. The van der Waals surface area contributed by atoms with Gasteiger partial charge >= 0.3 is 0 Å². The van der Waals surface area contributed by atoms with Crippen molar-refractivity contribution >= 4 is 16.7 Å². The third-order valence-electron chi connectivity index (χ3n) is 3.80. The first kappa shape index (κ1) is 14.1. The van der Waals surface area contributed by atoms with Gasteiger partial charge in [0.1, 0.15) is 12.1 Å². The number of hydrogen-bond donors (Lipinski definition) is 0. The van der Waals surface area contributed by atoms with Crippen LogP contribution in [0.3, 0.4) is 0 Å². The molecule has 1 fully saturated rings. The van der Waals surface area contributed by atoms with E-state index in [1.165, 1.54) is 12.4 Å². The standard InChI is InChI=1S/C15H17F2N3O/c1-2-21-10-3-5-20(6-4-10)15-11-7-12(16)13(17)8-14(11)18-9-19-15/h7-10H,2-6H2,1H3. The number of anilines is 1. The van der Waals surface area contributed by atoms with Crippen molar-refractivity contribution in [2.24, 2.45) is 0 Å². The van der Waals surface area contributed by atoms with Crippen molar-refractivity contribution in [3.8, 4) is 0 Å². The van der Waals surface area contributed by atoms with Crippen LogP contribution in [-0.2, 0) is 4.74 Å². The molecule has 0 amide bonds. The summed E-state index contributed by atoms with van der Waals surface area (Å²) in [5, 5.41) is 0.547. The van der Waals surface area contributed by atoms with Crippen molar-refractivity contribution in [1.29, 1.82) is 0 Å². The third-order valence-corrected chi connectivity index (χ3v) is 3.80. The summed E-state index contributed by atoms with van der Waals surface area (Å²) in [5.74, 6) is -1.10. The maximum Gasteiger partial charge on any atom is 0.161 e. The van der Waals surface area contributed by atoms with E-state index in [0.717, 1.165) is 32.0 Å². The number of rotatable bonds is 3. The Morgan fingerprint density at radius 1 is 1.19 bits per heavy atom. The average molecular weight is 293 g/mol. The van der Waals surface area contributed by atoms with Gasteiger partial charge in [-0.1, -0.05) is 0 Å². The number of aromatic nitrogens is 2. The van der Waals surface area contributed by atoms with Gasteiger partial charge in [0, 0.05) is 31.1 Å². The van der Waals surface area contributed by atoms with E-state index in [2.05, 4.69) is 14.9 Å². The summed E-state index contributed by atoms with van der Waals surface area (Å²) in [4.78, 5) is 10.4. The first-order valence-corrected chi connectivity index (χ1v) is 7.15. The van der Waals surface area contributed by atoms with E-state index in [9.17, 15) is 8.78 Å². The minimum absolute atomic E-state index is 0.272. The highest BCUT2D eigenvalue weighted by Gasteiger charge is 2.22. The minimum atomic E-state index is -0.887. The Balaban J connectivity index is 1.89. The largest absolute Gasteiger partial charge is 0.378 e. The fraction of sp³-hybridized carbons (Fsp3) is 0.467. The van der Waals surface area contributed by atoms with Crippen molar-refractivity contribution in [3.63, 3.8) is 0 Å². The van der Waals surface area contributed by atoms with Crippen LogP contribution in [0.2, 0.25) is 0 Å². The van der Waals surface area contributed by atoms with Crippen LogP contribution in [0, 0.1) is 11.6 Å². The van der Waals surface area contributed by atoms with E-state index in [1.807, 2.05) is 6.92 Å². The second-order valence-electron chi connectivity index (χ2n) is 5.12. The van der Waals surface area contributed by atoms with Crippen molar-refractivity contribution < 1.29 is 13.5 Å². The van der Waals surface area contributed by atoms with Gasteiger partial charge in [0.15, 0.2) is 11.6 Å². The second-order valence-corrected chi connectivity index (χ2v) is 5.12. The van der Waals surface area contributed by atoms with Gasteiger partial charge in [0.05, 0.1) is 11.6 Å². The van der Waals surface area contributed by atoms with Crippen molar-refractivity contribution in [2.45, 2.75) is 25.9 Å². The Kier molecular flexibility index (Phi) is 3.96. The molecule has 0 N–H and O–H groups in total. The Hall–Kier alpha value is -1.82. The molecule has 0 radical (unpaired) electrons. The molecule has 0 unspecified atom stereocenters. The average Bonchev–Trinajstić information content (AvgIpc) is 2.49. The van der Waals surface area contributed by atoms with E-state index in [1.54, 1.807) is 0 Å². The molecule has 0 bridgehead atoms. The lowest BCUT2D eigenvalue weighted by Gasteiger charge is -2.33. The molecule has 0 atom stereocenters. The highest BCUT2D eigenvalue weighted by Crippen LogP contribution is 2.27. The number of ether oxygens (including phenoxy) is 1. The van der Waals surface area contributed by atoms with Crippen LogP contribution in [0.4, 0.5) is 14.6 Å². The first-order valence-electron chi connectivity index (χ1n) is 7.15. The molecule has 1 aromatic heterocycles. The molecule has 4 nitrogen and oxygen atoms in total. The van der Waals surface area contributed by atoms with Gasteiger partial charge in [-0.25, -0.2) is 18.7 Å². The smallest absolute Gasteiger partial charge is 0.161 e. The van der Waals surface area contributed by atoms with Gasteiger partial charge in [-0.05, 0) is 25.8 Å². The molecule has 2 aromatic rings. The fourth-order valence-electron chi connectivity index (χ4n) is 2.76. The van der Waals surface area contributed by atoms with E-state index in [0.29, 0.717) is 23.3 Å². The van der Waals surface area contributed by atoms with Gasteiger partial charge < -0.3 is 9.64 Å². The molecule has 0 spiro atoms. The Labute approximate surface area is 121 Å². The van der Waals surface area contributed by atoms with Crippen LogP contribution in [-0.4, -0.2) is 35.8 Å².